The Morgan fingerprint density at radius 3 is 2.48 bits per heavy atom. The first-order valence-electron chi connectivity index (χ1n) is 8.20. The summed E-state index contributed by atoms with van der Waals surface area (Å²) in [6.07, 6.45) is 17.8. The minimum absolute atomic E-state index is 0.0456. The van der Waals surface area contributed by atoms with Gasteiger partial charge in [0.15, 0.2) is 0 Å². The molecule has 0 aromatic heterocycles. The van der Waals surface area contributed by atoms with Gasteiger partial charge in [-0.25, -0.2) is 0 Å². The van der Waals surface area contributed by atoms with E-state index in [1.54, 1.807) is 0 Å². The van der Waals surface area contributed by atoms with Gasteiger partial charge in [0.05, 0.1) is 11.6 Å². The summed E-state index contributed by atoms with van der Waals surface area (Å²) >= 11 is 0. The van der Waals surface area contributed by atoms with Gasteiger partial charge in [0, 0.05) is 18.1 Å². The van der Waals surface area contributed by atoms with E-state index in [0.717, 1.165) is 12.1 Å². The molecule has 2 aliphatic carbocycles. The predicted molar refractivity (Wildman–Crippen MR) is 94.1 cm³/mol. The molecule has 1 aromatic rings. The summed E-state index contributed by atoms with van der Waals surface area (Å²) in [7, 11) is 0. The van der Waals surface area contributed by atoms with E-state index in [0.29, 0.717) is 12.2 Å². The molecule has 23 heavy (non-hydrogen) atoms. The van der Waals surface area contributed by atoms with Crippen molar-refractivity contribution in [3.8, 4) is 0 Å². The molecule has 0 bridgehead atoms. The summed E-state index contributed by atoms with van der Waals surface area (Å²) < 4.78 is 0. The molecule has 4 rings (SSSR count). The Hall–Kier alpha value is -2.48. The molecular formula is C21H19NO. The molecular weight excluding hydrogens is 282 g/mol. The number of hydrogen-bond acceptors (Lipinski definition) is 2. The maximum atomic E-state index is 12.6. The average molecular weight is 301 g/mol. The van der Waals surface area contributed by atoms with E-state index in [-0.39, 0.29) is 17.8 Å². The van der Waals surface area contributed by atoms with E-state index in [1.807, 2.05) is 36.4 Å². The largest absolute Gasteiger partial charge is 0.299 e. The third kappa shape index (κ3) is 2.77. The first kappa shape index (κ1) is 14.1. The lowest BCUT2D eigenvalue weighted by Gasteiger charge is -2.26. The van der Waals surface area contributed by atoms with Gasteiger partial charge in [0.25, 0.3) is 0 Å². The number of carbonyl (C=O) groups excluding carboxylic acids is 1. The molecule has 2 nitrogen and oxygen atoms in total. The van der Waals surface area contributed by atoms with Crippen molar-refractivity contribution in [1.29, 1.82) is 0 Å². The van der Waals surface area contributed by atoms with Crippen molar-refractivity contribution in [3.63, 3.8) is 0 Å². The number of fused-ring (bicyclic) bond motifs is 1. The number of para-hydroxylation sites is 1. The predicted octanol–water partition coefficient (Wildman–Crippen LogP) is 4.69. The monoisotopic (exact) mass is 301 g/mol. The molecule has 0 fully saturated rings. The number of aliphatic imine (C=N–C) groups is 1. The molecule has 114 valence electrons. The number of carbonyl (C=O) groups is 1. The number of nitrogens with zero attached hydrogens (tertiary/aromatic N) is 1. The lowest BCUT2D eigenvalue weighted by molar-refractivity contribution is -0.120. The number of ketones is 1. The van der Waals surface area contributed by atoms with E-state index in [1.165, 1.54) is 11.3 Å². The maximum Gasteiger partial charge on any atom is 0.144 e. The van der Waals surface area contributed by atoms with Gasteiger partial charge in [-0.3, -0.25) is 9.79 Å². The van der Waals surface area contributed by atoms with Crippen LogP contribution in [0.4, 0.5) is 5.69 Å². The zero-order valence-corrected chi connectivity index (χ0v) is 12.9. The topological polar surface area (TPSA) is 29.4 Å². The second kappa shape index (κ2) is 5.96. The van der Waals surface area contributed by atoms with Crippen LogP contribution in [0.1, 0.15) is 24.3 Å². The fraction of sp³-hybridized carbons (Fsp3) is 0.238. The molecule has 0 amide bonds. The fourth-order valence-corrected chi connectivity index (χ4v) is 3.57. The van der Waals surface area contributed by atoms with Crippen LogP contribution < -0.4 is 0 Å². The van der Waals surface area contributed by atoms with Crippen molar-refractivity contribution in [3.05, 3.63) is 78.4 Å². The number of benzene rings is 1. The first-order chi connectivity index (χ1) is 11.3. The van der Waals surface area contributed by atoms with Crippen LogP contribution in [0.3, 0.4) is 0 Å². The average Bonchev–Trinajstić information content (AvgIpc) is 3.28. The van der Waals surface area contributed by atoms with Crippen molar-refractivity contribution < 1.29 is 4.79 Å². The Kier molecular flexibility index (Phi) is 3.66. The Balaban J connectivity index is 1.61. The third-order valence-corrected chi connectivity index (χ3v) is 4.80. The van der Waals surface area contributed by atoms with Crippen LogP contribution in [0, 0.1) is 11.8 Å². The maximum absolute atomic E-state index is 12.6. The zero-order valence-electron chi connectivity index (χ0n) is 12.9. The van der Waals surface area contributed by atoms with Crippen molar-refractivity contribution in [1.82, 2.24) is 0 Å². The molecule has 1 aliphatic heterocycles. The van der Waals surface area contributed by atoms with Gasteiger partial charge in [-0.15, -0.1) is 0 Å². The third-order valence-electron chi connectivity index (χ3n) is 4.80. The second-order valence-corrected chi connectivity index (χ2v) is 6.32. The van der Waals surface area contributed by atoms with E-state index in [4.69, 9.17) is 4.99 Å². The highest BCUT2D eigenvalue weighted by molar-refractivity contribution is 5.96. The zero-order chi connectivity index (χ0) is 15.6. The van der Waals surface area contributed by atoms with Crippen molar-refractivity contribution in [2.75, 3.05) is 0 Å². The first-order valence-corrected chi connectivity index (χ1v) is 8.20. The minimum Gasteiger partial charge on any atom is -0.299 e. The lowest BCUT2D eigenvalue weighted by Crippen LogP contribution is -2.21. The molecule has 0 spiro atoms. The number of Topliss-reactive ketones (excluding diaryl/α,β-unsaturated/α-hetero) is 1. The normalized spacial score (nSPS) is 22.6. The van der Waals surface area contributed by atoms with Gasteiger partial charge in [0.2, 0.25) is 0 Å². The summed E-state index contributed by atoms with van der Waals surface area (Å²) in [5.74, 6) is 0.771. The molecule has 0 N–H and O–H groups in total. The molecule has 0 saturated heterocycles. The molecule has 1 aromatic carbocycles. The molecule has 1 heterocycles. The standard InChI is InChI=1S/C21H19NO/c23-21(16-9-3-4-10-16)14-17-13-20(15-7-1-2-8-15)22-19-12-6-5-11-18(17)19/h1-12,15-17H,13-14H2. The Labute approximate surface area is 136 Å². The van der Waals surface area contributed by atoms with E-state index >= 15 is 0 Å². The van der Waals surface area contributed by atoms with Crippen molar-refractivity contribution in [2.45, 2.75) is 18.8 Å². The van der Waals surface area contributed by atoms with Gasteiger partial charge in [-0.05, 0) is 24.0 Å². The summed E-state index contributed by atoms with van der Waals surface area (Å²) in [6, 6.07) is 8.24. The molecule has 2 heteroatoms. The van der Waals surface area contributed by atoms with Crippen LogP contribution in [-0.4, -0.2) is 11.5 Å². The number of hydrogen-bond donors (Lipinski definition) is 0. The van der Waals surface area contributed by atoms with E-state index in [2.05, 4.69) is 36.4 Å². The second-order valence-electron chi connectivity index (χ2n) is 6.32. The molecule has 0 radical (unpaired) electrons. The lowest BCUT2D eigenvalue weighted by atomic mass is 9.81. The van der Waals surface area contributed by atoms with Crippen LogP contribution in [0.15, 0.2) is 77.9 Å². The smallest absolute Gasteiger partial charge is 0.144 e. The van der Waals surface area contributed by atoms with Crippen LogP contribution in [-0.2, 0) is 4.79 Å². The van der Waals surface area contributed by atoms with Gasteiger partial charge in [-0.2, -0.15) is 0 Å². The quantitative estimate of drug-likeness (QED) is 0.793. The molecule has 3 aliphatic rings. The SMILES string of the molecule is O=C(CC1CC(C2C=CC=C2)=Nc2ccccc21)C1C=CC=C1. The highest BCUT2D eigenvalue weighted by Crippen LogP contribution is 2.39. The summed E-state index contributed by atoms with van der Waals surface area (Å²) in [5.41, 5.74) is 3.41. The fourth-order valence-electron chi connectivity index (χ4n) is 3.57. The highest BCUT2D eigenvalue weighted by Gasteiger charge is 2.28. The van der Waals surface area contributed by atoms with E-state index < -0.39 is 0 Å². The number of allylic oxidation sites excluding steroid dienone is 8. The van der Waals surface area contributed by atoms with Crippen LogP contribution in [0.2, 0.25) is 0 Å². The molecule has 0 saturated carbocycles. The van der Waals surface area contributed by atoms with Crippen LogP contribution >= 0.6 is 0 Å². The van der Waals surface area contributed by atoms with Crippen molar-refractivity contribution >= 4 is 17.2 Å². The Bertz CT molecular complexity index is 755. The Morgan fingerprint density at radius 2 is 1.70 bits per heavy atom. The minimum atomic E-state index is -0.0456. The van der Waals surface area contributed by atoms with Gasteiger partial charge in [0.1, 0.15) is 5.78 Å². The van der Waals surface area contributed by atoms with Crippen LogP contribution in [0.25, 0.3) is 0 Å². The van der Waals surface area contributed by atoms with Crippen molar-refractivity contribution in [2.24, 2.45) is 16.8 Å². The number of rotatable bonds is 4. The Morgan fingerprint density at radius 1 is 1.00 bits per heavy atom. The van der Waals surface area contributed by atoms with Gasteiger partial charge >= 0.3 is 0 Å². The van der Waals surface area contributed by atoms with Crippen LogP contribution in [0.5, 0.6) is 0 Å². The molecule has 1 unspecified atom stereocenters. The van der Waals surface area contributed by atoms with Gasteiger partial charge in [-0.1, -0.05) is 66.8 Å². The summed E-state index contributed by atoms with van der Waals surface area (Å²) in [6.45, 7) is 0. The molecule has 1 atom stereocenters. The summed E-state index contributed by atoms with van der Waals surface area (Å²) in [4.78, 5) is 17.4. The highest BCUT2D eigenvalue weighted by atomic mass is 16.1. The summed E-state index contributed by atoms with van der Waals surface area (Å²) in [5, 5.41) is 0. The van der Waals surface area contributed by atoms with E-state index in [9.17, 15) is 4.79 Å². The van der Waals surface area contributed by atoms with Gasteiger partial charge < -0.3 is 0 Å².